The number of carbonyl (C=O) groups is 1. The molecule has 0 aliphatic carbocycles. The van der Waals surface area contributed by atoms with E-state index in [-0.39, 0.29) is 15.4 Å². The zero-order valence-corrected chi connectivity index (χ0v) is 22.5. The fraction of sp³-hybridized carbons (Fsp3) is 0.200. The van der Waals surface area contributed by atoms with Gasteiger partial charge >= 0.3 is 0 Å². The minimum atomic E-state index is -3.78. The van der Waals surface area contributed by atoms with Crippen molar-refractivity contribution < 1.29 is 21.6 Å². The lowest BCUT2D eigenvalue weighted by molar-refractivity contribution is 0.102. The predicted octanol–water partition coefficient (Wildman–Crippen LogP) is 3.94. The highest BCUT2D eigenvalue weighted by atomic mass is 32.2. The van der Waals surface area contributed by atoms with Crippen LogP contribution in [0.3, 0.4) is 0 Å². The van der Waals surface area contributed by atoms with Gasteiger partial charge in [-0.1, -0.05) is 29.5 Å². The van der Waals surface area contributed by atoms with Crippen LogP contribution in [0.25, 0.3) is 10.2 Å². The Labute approximate surface area is 219 Å². The lowest BCUT2D eigenvalue weighted by atomic mass is 10.0. The minimum Gasteiger partial charge on any atom is -0.298 e. The fourth-order valence-corrected chi connectivity index (χ4v) is 7.60. The van der Waals surface area contributed by atoms with Gasteiger partial charge in [-0.2, -0.15) is 0 Å². The SMILES string of the molecule is CN(C)S(=O)(=O)c1ccc2nc(NC(=O)c3ccc(S(=O)(=O)N4CCCc5ccccc54)cc3)sc2c1. The summed E-state index contributed by atoms with van der Waals surface area (Å²) in [5.74, 6) is -0.451. The van der Waals surface area contributed by atoms with Gasteiger partial charge in [0.2, 0.25) is 10.0 Å². The summed E-state index contributed by atoms with van der Waals surface area (Å²) in [6, 6.07) is 17.9. The van der Waals surface area contributed by atoms with E-state index in [0.717, 1.165) is 34.0 Å². The number of fused-ring (bicyclic) bond motifs is 2. The van der Waals surface area contributed by atoms with Crippen molar-refractivity contribution in [2.75, 3.05) is 30.3 Å². The van der Waals surface area contributed by atoms with Crippen molar-refractivity contribution in [1.29, 1.82) is 0 Å². The van der Waals surface area contributed by atoms with E-state index in [1.807, 2.05) is 24.3 Å². The number of benzene rings is 3. The number of amides is 1. The monoisotopic (exact) mass is 556 g/mol. The zero-order valence-electron chi connectivity index (χ0n) is 20.1. The number of rotatable bonds is 6. The molecule has 1 amide bonds. The maximum Gasteiger partial charge on any atom is 0.264 e. The molecule has 1 aliphatic heterocycles. The number of carbonyl (C=O) groups excluding carboxylic acids is 1. The third-order valence-electron chi connectivity index (χ3n) is 6.13. The van der Waals surface area contributed by atoms with Gasteiger partial charge < -0.3 is 0 Å². The van der Waals surface area contributed by atoms with Crippen LogP contribution < -0.4 is 9.62 Å². The first-order valence-electron chi connectivity index (χ1n) is 11.4. The van der Waals surface area contributed by atoms with E-state index in [0.29, 0.717) is 27.6 Å². The highest BCUT2D eigenvalue weighted by Gasteiger charge is 2.29. The summed E-state index contributed by atoms with van der Waals surface area (Å²) in [4.78, 5) is 17.4. The van der Waals surface area contributed by atoms with Crippen molar-refractivity contribution in [3.8, 4) is 0 Å². The summed E-state index contributed by atoms with van der Waals surface area (Å²) < 4.78 is 54.6. The van der Waals surface area contributed by atoms with Gasteiger partial charge in [-0.05, 0) is 66.9 Å². The Morgan fingerprint density at radius 2 is 1.68 bits per heavy atom. The van der Waals surface area contributed by atoms with Crippen LogP contribution in [-0.4, -0.2) is 52.7 Å². The number of hydrogen-bond donors (Lipinski definition) is 1. The molecule has 4 aromatic rings. The smallest absolute Gasteiger partial charge is 0.264 e. The highest BCUT2D eigenvalue weighted by molar-refractivity contribution is 7.92. The van der Waals surface area contributed by atoms with Crippen LogP contribution in [0.15, 0.2) is 76.5 Å². The first kappa shape index (κ1) is 25.3. The van der Waals surface area contributed by atoms with Gasteiger partial charge in [-0.3, -0.25) is 14.4 Å². The molecule has 9 nitrogen and oxygen atoms in total. The Morgan fingerprint density at radius 1 is 0.973 bits per heavy atom. The summed E-state index contributed by atoms with van der Waals surface area (Å²) >= 11 is 1.15. The van der Waals surface area contributed by atoms with Crippen LogP contribution in [0.4, 0.5) is 10.8 Å². The van der Waals surface area contributed by atoms with Crippen LogP contribution in [-0.2, 0) is 26.5 Å². The van der Waals surface area contributed by atoms with E-state index < -0.39 is 26.0 Å². The molecule has 2 heterocycles. The van der Waals surface area contributed by atoms with Gasteiger partial charge in [0, 0.05) is 26.2 Å². The minimum absolute atomic E-state index is 0.107. The first-order valence-corrected chi connectivity index (χ1v) is 15.1. The van der Waals surface area contributed by atoms with Crippen LogP contribution in [0.1, 0.15) is 22.3 Å². The Kier molecular flexibility index (Phi) is 6.52. The highest BCUT2D eigenvalue weighted by Crippen LogP contribution is 2.32. The average molecular weight is 557 g/mol. The Bertz CT molecular complexity index is 1710. The number of anilines is 2. The Hall–Kier alpha value is -3.32. The molecule has 0 spiro atoms. The lowest BCUT2D eigenvalue weighted by Gasteiger charge is -2.30. The standard InChI is InChI=1S/C25H24N4O5S3/c1-28(2)36(31,32)20-13-14-21-23(16-20)35-25(26-21)27-24(30)18-9-11-19(12-10-18)37(33,34)29-15-5-7-17-6-3-4-8-22(17)29/h3-4,6,8-14,16H,5,7,15H2,1-2H3,(H,26,27,30). The van der Waals surface area contributed by atoms with E-state index in [4.69, 9.17) is 0 Å². The molecule has 0 radical (unpaired) electrons. The second-order valence-corrected chi connectivity index (χ2v) is 13.8. The topological polar surface area (TPSA) is 117 Å². The van der Waals surface area contributed by atoms with E-state index in [1.165, 1.54) is 54.8 Å². The Morgan fingerprint density at radius 3 is 2.41 bits per heavy atom. The molecule has 0 saturated carbocycles. The zero-order chi connectivity index (χ0) is 26.4. The fourth-order valence-electron chi connectivity index (χ4n) is 4.15. The molecule has 12 heteroatoms. The molecule has 0 saturated heterocycles. The van der Waals surface area contributed by atoms with Crippen LogP contribution in [0.2, 0.25) is 0 Å². The molecular formula is C25H24N4O5S3. The van der Waals surface area contributed by atoms with Gasteiger partial charge in [0.25, 0.3) is 15.9 Å². The molecule has 5 rings (SSSR count). The van der Waals surface area contributed by atoms with Gasteiger partial charge in [0.05, 0.1) is 25.7 Å². The van der Waals surface area contributed by atoms with Gasteiger partial charge in [0.1, 0.15) is 0 Å². The molecule has 192 valence electrons. The third-order valence-corrected chi connectivity index (χ3v) is 10.7. The first-order chi connectivity index (χ1) is 17.6. The van der Waals surface area contributed by atoms with Gasteiger partial charge in [-0.15, -0.1) is 0 Å². The lowest BCUT2D eigenvalue weighted by Crippen LogP contribution is -2.35. The normalized spacial score (nSPS) is 14.1. The summed E-state index contributed by atoms with van der Waals surface area (Å²) in [7, 11) is -4.46. The number of hydrogen-bond acceptors (Lipinski definition) is 7. The van der Waals surface area contributed by atoms with Crippen LogP contribution in [0.5, 0.6) is 0 Å². The predicted molar refractivity (Wildman–Crippen MR) is 144 cm³/mol. The van der Waals surface area contributed by atoms with Crippen molar-refractivity contribution >= 4 is 58.3 Å². The van der Waals surface area contributed by atoms with E-state index >= 15 is 0 Å². The quantitative estimate of drug-likeness (QED) is 0.385. The summed E-state index contributed by atoms with van der Waals surface area (Å²) in [5.41, 5.74) is 2.51. The molecule has 1 aromatic heterocycles. The number of nitrogens with one attached hydrogen (secondary N) is 1. The molecular weight excluding hydrogens is 532 g/mol. The van der Waals surface area contributed by atoms with Crippen molar-refractivity contribution in [3.05, 3.63) is 77.9 Å². The second-order valence-electron chi connectivity index (χ2n) is 8.72. The van der Waals surface area contributed by atoms with E-state index in [1.54, 1.807) is 6.07 Å². The van der Waals surface area contributed by atoms with E-state index in [9.17, 15) is 21.6 Å². The number of sulfonamides is 2. The molecule has 0 atom stereocenters. The maximum atomic E-state index is 13.3. The van der Waals surface area contributed by atoms with Crippen molar-refractivity contribution in [2.45, 2.75) is 22.6 Å². The van der Waals surface area contributed by atoms with Crippen molar-refractivity contribution in [3.63, 3.8) is 0 Å². The van der Waals surface area contributed by atoms with Crippen LogP contribution >= 0.6 is 11.3 Å². The molecule has 0 bridgehead atoms. The molecule has 1 aliphatic rings. The largest absolute Gasteiger partial charge is 0.298 e. The van der Waals surface area contributed by atoms with Crippen molar-refractivity contribution in [2.24, 2.45) is 0 Å². The third kappa shape index (κ3) is 4.73. The number of aryl methyl sites for hydroxylation is 1. The number of aromatic nitrogens is 1. The summed E-state index contributed by atoms with van der Waals surface area (Å²) in [6.07, 6.45) is 1.57. The van der Waals surface area contributed by atoms with E-state index in [2.05, 4.69) is 10.3 Å². The molecule has 3 aromatic carbocycles. The molecule has 37 heavy (non-hydrogen) atoms. The average Bonchev–Trinajstić information content (AvgIpc) is 3.29. The number of para-hydroxylation sites is 1. The summed E-state index contributed by atoms with van der Waals surface area (Å²) in [5, 5.41) is 3.02. The van der Waals surface area contributed by atoms with Crippen LogP contribution in [0, 0.1) is 0 Å². The maximum absolute atomic E-state index is 13.3. The molecule has 0 unspecified atom stereocenters. The summed E-state index contributed by atoms with van der Waals surface area (Å²) in [6.45, 7) is 0.400. The van der Waals surface area contributed by atoms with Gasteiger partial charge in [0.15, 0.2) is 5.13 Å². The van der Waals surface area contributed by atoms with Gasteiger partial charge in [-0.25, -0.2) is 26.1 Å². The molecule has 1 N–H and O–H groups in total. The number of thiazole rings is 1. The Balaban J connectivity index is 1.35. The second kappa shape index (κ2) is 9.53. The number of nitrogens with zero attached hydrogens (tertiary/aromatic N) is 3. The molecule has 0 fully saturated rings. The van der Waals surface area contributed by atoms with Crippen molar-refractivity contribution in [1.82, 2.24) is 9.29 Å².